The summed E-state index contributed by atoms with van der Waals surface area (Å²) in [5.74, 6) is 0. The molecule has 58 valence electrons. The molecule has 0 aromatic heterocycles. The molecule has 11 heavy (non-hydrogen) atoms. The summed E-state index contributed by atoms with van der Waals surface area (Å²) in [6, 6.07) is 0. The Kier molecular flexibility index (Phi) is 12.3. The van der Waals surface area contributed by atoms with Crippen molar-refractivity contribution in [3.05, 3.63) is 0 Å². The molecule has 0 unspecified atom stereocenters. The Morgan fingerprint density at radius 1 is 1.00 bits per heavy atom. The normalized spacial score (nSPS) is 7.64. The van der Waals surface area contributed by atoms with Crippen molar-refractivity contribution < 1.29 is 27.3 Å². The summed E-state index contributed by atoms with van der Waals surface area (Å²) in [4.78, 5) is 0. The van der Waals surface area contributed by atoms with Crippen molar-refractivity contribution in [3.8, 4) is 0 Å². The predicted octanol–water partition coefficient (Wildman–Crippen LogP) is -0.173. The van der Waals surface area contributed by atoms with E-state index in [4.69, 9.17) is 0 Å². The van der Waals surface area contributed by atoms with Gasteiger partial charge in [0.25, 0.3) is 0 Å². The van der Waals surface area contributed by atoms with E-state index in [1.54, 1.807) is 0 Å². The van der Waals surface area contributed by atoms with Crippen molar-refractivity contribution in [1.29, 1.82) is 0 Å². The number of thiocarbonyl (C=S) groups is 2. The second-order valence-corrected chi connectivity index (χ2v) is 3.58. The van der Waals surface area contributed by atoms with Crippen LogP contribution in [0.25, 0.3) is 0 Å². The van der Waals surface area contributed by atoms with Crippen LogP contribution in [0.5, 0.6) is 0 Å². The van der Waals surface area contributed by atoms with E-state index in [0.717, 1.165) is 0 Å². The third kappa shape index (κ3) is 14.0. The molecule has 0 spiro atoms. The Balaban J connectivity index is 0. The van der Waals surface area contributed by atoms with E-state index < -0.39 is 0 Å². The SMILES string of the molecule is S=C([S-])NCCNC(=S)[S-].[Cd+2]. The smallest absolute Gasteiger partial charge is 0.412 e. The van der Waals surface area contributed by atoms with E-state index in [-0.39, 0.29) is 27.3 Å². The van der Waals surface area contributed by atoms with Crippen LogP contribution in [0.2, 0.25) is 0 Å². The van der Waals surface area contributed by atoms with Crippen LogP contribution in [0.15, 0.2) is 0 Å². The van der Waals surface area contributed by atoms with Crippen molar-refractivity contribution >= 4 is 58.3 Å². The van der Waals surface area contributed by atoms with Crippen LogP contribution in [0.1, 0.15) is 0 Å². The van der Waals surface area contributed by atoms with E-state index in [1.165, 1.54) is 0 Å². The van der Waals surface area contributed by atoms with Crippen LogP contribution in [0.3, 0.4) is 0 Å². The fraction of sp³-hybridized carbons (Fsp3) is 0.500. The quantitative estimate of drug-likeness (QED) is 0.324. The van der Waals surface area contributed by atoms with Crippen LogP contribution in [0.4, 0.5) is 0 Å². The Hall–Kier alpha value is 1.14. The fourth-order valence-electron chi connectivity index (χ4n) is 0.329. The van der Waals surface area contributed by atoms with Crippen LogP contribution in [0, 0.1) is 0 Å². The summed E-state index contributed by atoms with van der Waals surface area (Å²) in [6.07, 6.45) is 0. The van der Waals surface area contributed by atoms with Crippen molar-refractivity contribution in [1.82, 2.24) is 10.6 Å². The summed E-state index contributed by atoms with van der Waals surface area (Å²) in [6.45, 7) is 1.33. The maximum atomic E-state index is 4.59. The van der Waals surface area contributed by atoms with Crippen molar-refractivity contribution in [2.45, 2.75) is 0 Å². The molecule has 0 aliphatic heterocycles. The number of hydrogen-bond acceptors (Lipinski definition) is 4. The van der Waals surface area contributed by atoms with Crippen molar-refractivity contribution in [2.75, 3.05) is 13.1 Å². The Labute approximate surface area is 108 Å². The van der Waals surface area contributed by atoms with Gasteiger partial charge in [-0.15, -0.1) is 0 Å². The van der Waals surface area contributed by atoms with Gasteiger partial charge in [0.2, 0.25) is 0 Å². The molecule has 0 aliphatic rings. The zero-order chi connectivity index (χ0) is 7.98. The van der Waals surface area contributed by atoms with Crippen LogP contribution in [-0.2, 0) is 52.6 Å². The average Bonchev–Trinajstić information content (AvgIpc) is 1.79. The van der Waals surface area contributed by atoms with Gasteiger partial charge < -0.3 is 60.3 Å². The molecule has 0 saturated carbocycles. The third-order valence-corrected chi connectivity index (χ3v) is 1.24. The van der Waals surface area contributed by atoms with Gasteiger partial charge in [-0.25, -0.2) is 0 Å². The molecule has 0 radical (unpaired) electrons. The molecule has 0 amide bonds. The molecule has 0 saturated heterocycles. The van der Waals surface area contributed by atoms with Crippen molar-refractivity contribution in [3.63, 3.8) is 0 Å². The summed E-state index contributed by atoms with van der Waals surface area (Å²) in [5, 5.41) is 5.56. The second-order valence-electron chi connectivity index (χ2n) is 1.43. The zero-order valence-corrected chi connectivity index (χ0v) is 13.1. The minimum atomic E-state index is 0. The predicted molar refractivity (Wildman–Crippen MR) is 55.9 cm³/mol. The standard InChI is InChI=1S/C4H8N2S4.Cd/c7-3(8)5-1-2-6-4(9)10;/h1-2H2,(H2,5,7,8)(H2,6,9,10);/q;+2/p-2. The Morgan fingerprint density at radius 2 is 1.27 bits per heavy atom. The van der Waals surface area contributed by atoms with Crippen LogP contribution < -0.4 is 10.6 Å². The Bertz CT molecular complexity index is 124. The van der Waals surface area contributed by atoms with Gasteiger partial charge in [-0.1, -0.05) is 8.64 Å². The number of rotatable bonds is 3. The van der Waals surface area contributed by atoms with E-state index in [2.05, 4.69) is 60.3 Å². The molecule has 0 atom stereocenters. The minimum absolute atomic E-state index is 0. The summed E-state index contributed by atoms with van der Waals surface area (Å²) >= 11 is 18.4. The van der Waals surface area contributed by atoms with Gasteiger partial charge in [-0.05, 0) is 0 Å². The van der Waals surface area contributed by atoms with E-state index in [0.29, 0.717) is 21.7 Å². The summed E-state index contributed by atoms with van der Waals surface area (Å²) in [7, 11) is 0. The van der Waals surface area contributed by atoms with Gasteiger partial charge in [0.15, 0.2) is 0 Å². The second kappa shape index (κ2) is 9.23. The monoisotopic (exact) mass is 324 g/mol. The molecule has 0 aliphatic carbocycles. The first kappa shape index (κ1) is 14.7. The average molecular weight is 323 g/mol. The first-order valence-electron chi connectivity index (χ1n) is 2.52. The van der Waals surface area contributed by atoms with Crippen LogP contribution >= 0.6 is 24.4 Å². The first-order valence-corrected chi connectivity index (χ1v) is 4.16. The van der Waals surface area contributed by atoms with Gasteiger partial charge in [0.05, 0.1) is 0 Å². The molecule has 7 heteroatoms. The number of nitrogens with one attached hydrogen (secondary N) is 2. The molecule has 0 heterocycles. The fourth-order valence-corrected chi connectivity index (χ4v) is 0.737. The largest absolute Gasteiger partial charge is 2.00 e. The maximum absolute atomic E-state index is 4.59. The summed E-state index contributed by atoms with van der Waals surface area (Å²) < 4.78 is 0.745. The van der Waals surface area contributed by atoms with E-state index in [9.17, 15) is 0 Å². The number of hydrogen-bond donors (Lipinski definition) is 2. The molecule has 0 fully saturated rings. The molecule has 0 aromatic carbocycles. The molecular weight excluding hydrogens is 317 g/mol. The Morgan fingerprint density at radius 3 is 1.45 bits per heavy atom. The van der Waals surface area contributed by atoms with Gasteiger partial charge in [0.1, 0.15) is 0 Å². The van der Waals surface area contributed by atoms with Gasteiger partial charge >= 0.3 is 27.3 Å². The summed E-state index contributed by atoms with van der Waals surface area (Å²) in [5.41, 5.74) is 0. The van der Waals surface area contributed by atoms with E-state index >= 15 is 0 Å². The first-order chi connectivity index (χ1) is 4.63. The molecular formula is C4H6CdN2S4. The third-order valence-electron chi connectivity index (χ3n) is 0.664. The zero-order valence-electron chi connectivity index (χ0n) is 5.75. The van der Waals surface area contributed by atoms with Crippen molar-refractivity contribution in [2.24, 2.45) is 0 Å². The molecule has 0 aromatic rings. The van der Waals surface area contributed by atoms with Crippen LogP contribution in [-0.4, -0.2) is 21.7 Å². The topological polar surface area (TPSA) is 24.1 Å². The maximum Gasteiger partial charge on any atom is 2.00 e. The molecule has 0 bridgehead atoms. The van der Waals surface area contributed by atoms with E-state index in [1.807, 2.05) is 0 Å². The minimum Gasteiger partial charge on any atom is -0.412 e. The van der Waals surface area contributed by atoms with Gasteiger partial charge in [0, 0.05) is 13.1 Å². The van der Waals surface area contributed by atoms with Gasteiger partial charge in [-0.2, -0.15) is 0 Å². The molecule has 0 rings (SSSR count). The molecule has 2 N–H and O–H groups in total. The molecule has 2 nitrogen and oxygen atoms in total. The van der Waals surface area contributed by atoms with Gasteiger partial charge in [-0.3, -0.25) is 0 Å².